The molecule has 8 heteroatoms. The van der Waals surface area contributed by atoms with Gasteiger partial charge in [0, 0.05) is 22.5 Å². The Hall–Kier alpha value is -1.02. The number of thiocarbonyl (C=S) groups is 1. The van der Waals surface area contributed by atoms with Crippen LogP contribution in [-0.4, -0.2) is 58.3 Å². The molecule has 0 spiro atoms. The minimum atomic E-state index is 0.453. The van der Waals surface area contributed by atoms with Crippen molar-refractivity contribution in [2.45, 2.75) is 12.2 Å². The van der Waals surface area contributed by atoms with E-state index >= 15 is 0 Å². The predicted octanol–water partition coefficient (Wildman–Crippen LogP) is 3.08. The number of benzene rings is 1. The zero-order chi connectivity index (χ0) is 16.2. The van der Waals surface area contributed by atoms with Gasteiger partial charge in [0.1, 0.15) is 0 Å². The zero-order valence-corrected chi connectivity index (χ0v) is 15.3. The Balaban J connectivity index is 1.70. The van der Waals surface area contributed by atoms with Crippen LogP contribution in [0.5, 0.6) is 0 Å². The van der Waals surface area contributed by atoms with Gasteiger partial charge in [0.25, 0.3) is 0 Å². The molecule has 0 aromatic heterocycles. The highest BCUT2D eigenvalue weighted by Crippen LogP contribution is 2.27. The Morgan fingerprint density at radius 2 is 2.22 bits per heavy atom. The third-order valence-corrected chi connectivity index (χ3v) is 5.13. The first kappa shape index (κ1) is 16.8. The molecular weight excluding hydrogens is 352 g/mol. The van der Waals surface area contributed by atoms with Crippen molar-refractivity contribution in [1.82, 2.24) is 9.91 Å². The van der Waals surface area contributed by atoms with E-state index in [0.717, 1.165) is 43.7 Å². The van der Waals surface area contributed by atoms with Crippen molar-refractivity contribution in [2.75, 3.05) is 38.2 Å². The topological polar surface area (TPSA) is 40.1 Å². The van der Waals surface area contributed by atoms with Crippen LogP contribution < -0.4 is 5.32 Å². The summed E-state index contributed by atoms with van der Waals surface area (Å²) in [6, 6.07) is 7.55. The zero-order valence-electron chi connectivity index (χ0n) is 12.9. The molecule has 1 aromatic rings. The van der Waals surface area contributed by atoms with Gasteiger partial charge in [-0.05, 0) is 30.4 Å². The van der Waals surface area contributed by atoms with Crippen LogP contribution in [0, 0.1) is 0 Å². The Bertz CT molecular complexity index is 607. The summed E-state index contributed by atoms with van der Waals surface area (Å²) in [5.74, 6) is 0. The number of nitrogens with zero attached hydrogens (tertiary/aromatic N) is 3. The molecule has 124 valence electrons. The van der Waals surface area contributed by atoms with Crippen LogP contribution in [0.4, 0.5) is 5.69 Å². The lowest BCUT2D eigenvalue weighted by Gasteiger charge is -2.26. The van der Waals surface area contributed by atoms with E-state index in [9.17, 15) is 0 Å². The summed E-state index contributed by atoms with van der Waals surface area (Å²) in [5, 5.41) is 12.8. The van der Waals surface area contributed by atoms with Gasteiger partial charge in [0.15, 0.2) is 10.3 Å². The summed E-state index contributed by atoms with van der Waals surface area (Å²) in [4.78, 5) is 2.06. The van der Waals surface area contributed by atoms with Gasteiger partial charge in [-0.15, -0.1) is 0 Å². The first-order chi connectivity index (χ1) is 11.1. The van der Waals surface area contributed by atoms with Gasteiger partial charge in [-0.2, -0.15) is 5.10 Å². The summed E-state index contributed by atoms with van der Waals surface area (Å²) in [5.41, 5.74) is 0.887. The van der Waals surface area contributed by atoms with Crippen molar-refractivity contribution in [3.8, 4) is 0 Å². The first-order valence-corrected chi connectivity index (χ1v) is 9.20. The molecule has 3 rings (SSSR count). The SMILES string of the molecule is CC1CN(C(=S)Nc2cccc(Cl)c2)C(=NN2CCOCC2)S1. The molecule has 2 aliphatic rings. The molecule has 2 saturated heterocycles. The minimum Gasteiger partial charge on any atom is -0.378 e. The summed E-state index contributed by atoms with van der Waals surface area (Å²) in [6.45, 7) is 6.12. The molecule has 0 amide bonds. The second-order valence-electron chi connectivity index (χ2n) is 5.43. The van der Waals surface area contributed by atoms with E-state index in [2.05, 4.69) is 22.1 Å². The maximum atomic E-state index is 6.03. The summed E-state index contributed by atoms with van der Waals surface area (Å²) >= 11 is 13.3. The van der Waals surface area contributed by atoms with E-state index in [4.69, 9.17) is 33.7 Å². The molecule has 0 aliphatic carbocycles. The third kappa shape index (κ3) is 4.50. The first-order valence-electron chi connectivity index (χ1n) is 7.54. The molecule has 0 saturated carbocycles. The largest absolute Gasteiger partial charge is 0.378 e. The van der Waals surface area contributed by atoms with Crippen molar-refractivity contribution in [1.29, 1.82) is 0 Å². The molecule has 2 fully saturated rings. The van der Waals surface area contributed by atoms with Crippen molar-refractivity contribution in [3.05, 3.63) is 29.3 Å². The number of anilines is 1. The minimum absolute atomic E-state index is 0.453. The fourth-order valence-electron chi connectivity index (χ4n) is 2.40. The monoisotopic (exact) mass is 370 g/mol. The Labute approximate surface area is 151 Å². The van der Waals surface area contributed by atoms with Gasteiger partial charge in [0.2, 0.25) is 0 Å². The molecule has 0 radical (unpaired) electrons. The number of hydrogen-bond donors (Lipinski definition) is 1. The molecule has 2 heterocycles. The number of amidine groups is 1. The van der Waals surface area contributed by atoms with E-state index in [0.29, 0.717) is 15.4 Å². The van der Waals surface area contributed by atoms with E-state index < -0.39 is 0 Å². The molecule has 2 aliphatic heterocycles. The molecule has 23 heavy (non-hydrogen) atoms. The van der Waals surface area contributed by atoms with Gasteiger partial charge in [-0.1, -0.05) is 36.4 Å². The molecule has 1 atom stereocenters. The van der Waals surface area contributed by atoms with Crippen molar-refractivity contribution in [3.63, 3.8) is 0 Å². The summed E-state index contributed by atoms with van der Waals surface area (Å²) in [6.07, 6.45) is 0. The van der Waals surface area contributed by atoms with Crippen LogP contribution in [-0.2, 0) is 4.74 Å². The average Bonchev–Trinajstić information content (AvgIpc) is 2.89. The predicted molar refractivity (Wildman–Crippen MR) is 101 cm³/mol. The standard InChI is InChI=1S/C15H19ClN4OS2/c1-11-10-20(14(22)17-13-4-2-3-12(16)9-13)15(23-11)18-19-5-7-21-8-6-19/h2-4,9,11H,5-8,10H2,1H3,(H,17,22). The summed E-state index contributed by atoms with van der Waals surface area (Å²) < 4.78 is 5.37. The van der Waals surface area contributed by atoms with Crippen molar-refractivity contribution >= 4 is 51.5 Å². The normalized spacial score (nSPS) is 23.4. The Kier molecular flexibility index (Phi) is 5.63. The number of ether oxygens (including phenoxy) is 1. The Morgan fingerprint density at radius 1 is 1.43 bits per heavy atom. The lowest BCUT2D eigenvalue weighted by Crippen LogP contribution is -2.39. The van der Waals surface area contributed by atoms with Gasteiger partial charge < -0.3 is 10.1 Å². The fourth-order valence-corrected chi connectivity index (χ4v) is 3.96. The Morgan fingerprint density at radius 3 is 2.96 bits per heavy atom. The van der Waals surface area contributed by atoms with Gasteiger partial charge >= 0.3 is 0 Å². The average molecular weight is 371 g/mol. The maximum absolute atomic E-state index is 6.03. The van der Waals surface area contributed by atoms with E-state index in [-0.39, 0.29) is 0 Å². The van der Waals surface area contributed by atoms with Gasteiger partial charge in [-0.25, -0.2) is 0 Å². The second kappa shape index (κ2) is 7.70. The van der Waals surface area contributed by atoms with Crippen LogP contribution in [0.3, 0.4) is 0 Å². The molecule has 1 aromatic carbocycles. The third-order valence-electron chi connectivity index (χ3n) is 3.51. The highest BCUT2D eigenvalue weighted by atomic mass is 35.5. The van der Waals surface area contributed by atoms with E-state index in [1.54, 1.807) is 11.8 Å². The highest BCUT2D eigenvalue weighted by molar-refractivity contribution is 8.14. The number of rotatable bonds is 2. The molecule has 5 nitrogen and oxygen atoms in total. The number of thioether (sulfide) groups is 1. The van der Waals surface area contributed by atoms with Crippen LogP contribution in [0.15, 0.2) is 29.4 Å². The van der Waals surface area contributed by atoms with Gasteiger partial charge in [0.05, 0.1) is 26.3 Å². The van der Waals surface area contributed by atoms with Crippen LogP contribution in [0.2, 0.25) is 5.02 Å². The molecule has 1 unspecified atom stereocenters. The van der Waals surface area contributed by atoms with Crippen molar-refractivity contribution in [2.24, 2.45) is 5.10 Å². The lowest BCUT2D eigenvalue weighted by molar-refractivity contribution is 0.0391. The molecule has 1 N–H and O–H groups in total. The second-order valence-corrected chi connectivity index (χ2v) is 7.66. The smallest absolute Gasteiger partial charge is 0.189 e. The molecular formula is C15H19ClN4OS2. The number of halogens is 1. The van der Waals surface area contributed by atoms with Crippen LogP contribution >= 0.6 is 35.6 Å². The number of hydrazone groups is 1. The fraction of sp³-hybridized carbons (Fsp3) is 0.467. The number of nitrogens with one attached hydrogen (secondary N) is 1. The van der Waals surface area contributed by atoms with E-state index in [1.165, 1.54) is 0 Å². The highest BCUT2D eigenvalue weighted by Gasteiger charge is 2.30. The lowest BCUT2D eigenvalue weighted by atomic mass is 10.3. The van der Waals surface area contributed by atoms with E-state index in [1.807, 2.05) is 24.3 Å². The molecule has 0 bridgehead atoms. The van der Waals surface area contributed by atoms with Crippen molar-refractivity contribution < 1.29 is 4.74 Å². The number of hydrogen-bond acceptors (Lipinski definition) is 5. The van der Waals surface area contributed by atoms with Crippen LogP contribution in [0.1, 0.15) is 6.92 Å². The van der Waals surface area contributed by atoms with Gasteiger partial charge in [-0.3, -0.25) is 9.91 Å². The van der Waals surface area contributed by atoms with Crippen LogP contribution in [0.25, 0.3) is 0 Å². The maximum Gasteiger partial charge on any atom is 0.189 e. The summed E-state index contributed by atoms with van der Waals surface area (Å²) in [7, 11) is 0. The quantitative estimate of drug-likeness (QED) is 0.807. The number of morpholine rings is 1.